The molecule has 3 nitrogen and oxygen atoms in total. The summed E-state index contributed by atoms with van der Waals surface area (Å²) in [5.74, 6) is 1.29. The summed E-state index contributed by atoms with van der Waals surface area (Å²) in [4.78, 5) is 14.6. The molecule has 1 aliphatic carbocycles. The second kappa shape index (κ2) is 6.64. The van der Waals surface area contributed by atoms with Crippen molar-refractivity contribution in [1.29, 1.82) is 0 Å². The molecule has 1 aliphatic rings. The van der Waals surface area contributed by atoms with Crippen molar-refractivity contribution in [3.8, 4) is 0 Å². The summed E-state index contributed by atoms with van der Waals surface area (Å²) in [6.45, 7) is 2.65. The molecule has 0 aromatic rings. The minimum atomic E-state index is -0.249. The third-order valence-electron chi connectivity index (χ3n) is 4.10. The van der Waals surface area contributed by atoms with Crippen molar-refractivity contribution < 1.29 is 4.79 Å². The summed E-state index contributed by atoms with van der Waals surface area (Å²) in [5.41, 5.74) is 5.62. The van der Waals surface area contributed by atoms with Crippen LogP contribution in [0.1, 0.15) is 39.0 Å². The fourth-order valence-corrected chi connectivity index (χ4v) is 3.64. The summed E-state index contributed by atoms with van der Waals surface area (Å²) in [7, 11) is 1.95. The molecule has 1 amide bonds. The van der Waals surface area contributed by atoms with Gasteiger partial charge < -0.3 is 10.6 Å². The number of hydrogen-bond acceptors (Lipinski definition) is 3. The number of nitrogens with zero attached hydrogens (tertiary/aromatic N) is 1. The Morgan fingerprint density at radius 2 is 2.06 bits per heavy atom. The van der Waals surface area contributed by atoms with Crippen LogP contribution in [0.5, 0.6) is 0 Å². The molecule has 1 saturated carbocycles. The summed E-state index contributed by atoms with van der Waals surface area (Å²) in [5, 5.41) is 0. The van der Waals surface area contributed by atoms with Gasteiger partial charge in [-0.3, -0.25) is 4.79 Å². The van der Waals surface area contributed by atoms with Crippen LogP contribution >= 0.6 is 11.8 Å². The summed E-state index contributed by atoms with van der Waals surface area (Å²) >= 11 is 1.80. The maximum absolute atomic E-state index is 12.6. The van der Waals surface area contributed by atoms with Crippen molar-refractivity contribution in [2.75, 3.05) is 25.6 Å². The van der Waals surface area contributed by atoms with Crippen LogP contribution in [-0.2, 0) is 4.79 Å². The molecule has 0 aliphatic heterocycles. The maximum Gasteiger partial charge on any atom is 0.230 e. The second-order valence-corrected chi connectivity index (χ2v) is 6.04. The van der Waals surface area contributed by atoms with E-state index in [0.29, 0.717) is 12.6 Å². The lowest BCUT2D eigenvalue weighted by Gasteiger charge is -2.35. The second-order valence-electron chi connectivity index (χ2n) is 5.13. The van der Waals surface area contributed by atoms with Gasteiger partial charge in [-0.1, -0.05) is 19.8 Å². The minimum Gasteiger partial charge on any atom is -0.341 e. The van der Waals surface area contributed by atoms with Crippen molar-refractivity contribution in [1.82, 2.24) is 4.90 Å². The molecule has 0 radical (unpaired) electrons. The monoisotopic (exact) mass is 258 g/mol. The highest BCUT2D eigenvalue weighted by molar-refractivity contribution is 7.98. The van der Waals surface area contributed by atoms with E-state index in [4.69, 9.17) is 5.73 Å². The fraction of sp³-hybridized carbons (Fsp3) is 0.923. The van der Waals surface area contributed by atoms with Crippen LogP contribution < -0.4 is 5.73 Å². The van der Waals surface area contributed by atoms with E-state index in [9.17, 15) is 4.79 Å². The molecule has 4 heteroatoms. The van der Waals surface area contributed by atoms with Crippen LogP contribution in [0.25, 0.3) is 0 Å². The van der Waals surface area contributed by atoms with Crippen molar-refractivity contribution in [2.24, 2.45) is 11.1 Å². The molecular weight excluding hydrogens is 232 g/mol. The zero-order valence-corrected chi connectivity index (χ0v) is 12.2. The van der Waals surface area contributed by atoms with Gasteiger partial charge in [0.15, 0.2) is 0 Å². The predicted molar refractivity (Wildman–Crippen MR) is 75.2 cm³/mol. The van der Waals surface area contributed by atoms with E-state index >= 15 is 0 Å². The molecule has 2 N–H and O–H groups in total. The highest BCUT2D eigenvalue weighted by Crippen LogP contribution is 2.39. The van der Waals surface area contributed by atoms with Gasteiger partial charge in [0.2, 0.25) is 5.91 Å². The Morgan fingerprint density at radius 1 is 1.47 bits per heavy atom. The van der Waals surface area contributed by atoms with Crippen LogP contribution in [0, 0.1) is 5.41 Å². The summed E-state index contributed by atoms with van der Waals surface area (Å²) in [6.07, 6.45) is 7.36. The number of carbonyl (C=O) groups is 1. The third-order valence-corrected chi connectivity index (χ3v) is 4.82. The SMILES string of the molecule is CCC(CSC)N(C)C(=O)C1(CN)CCCC1. The molecule has 1 rings (SSSR count). The molecule has 100 valence electrons. The molecule has 1 fully saturated rings. The van der Waals surface area contributed by atoms with Gasteiger partial charge in [-0.05, 0) is 25.5 Å². The molecule has 0 spiro atoms. The number of carbonyl (C=O) groups excluding carboxylic acids is 1. The lowest BCUT2D eigenvalue weighted by Crippen LogP contribution is -2.49. The largest absolute Gasteiger partial charge is 0.341 e. The van der Waals surface area contributed by atoms with Crippen LogP contribution in [0.2, 0.25) is 0 Å². The summed E-state index contributed by atoms with van der Waals surface area (Å²) < 4.78 is 0. The fourth-order valence-electron chi connectivity index (χ4n) is 2.79. The standard InChI is InChI=1S/C13H26N2OS/c1-4-11(9-17-3)15(2)12(16)13(10-14)7-5-6-8-13/h11H,4-10,14H2,1-3H3. The quantitative estimate of drug-likeness (QED) is 0.793. The first-order valence-corrected chi connectivity index (χ1v) is 7.97. The number of amides is 1. The Hall–Kier alpha value is -0.220. The number of rotatable bonds is 6. The molecule has 0 heterocycles. The van der Waals surface area contributed by atoms with Gasteiger partial charge >= 0.3 is 0 Å². The van der Waals surface area contributed by atoms with E-state index in [2.05, 4.69) is 13.2 Å². The van der Waals surface area contributed by atoms with Crippen LogP contribution in [0.3, 0.4) is 0 Å². The zero-order valence-electron chi connectivity index (χ0n) is 11.4. The van der Waals surface area contributed by atoms with Crippen LogP contribution in [0.15, 0.2) is 0 Å². The Morgan fingerprint density at radius 3 is 2.47 bits per heavy atom. The molecule has 0 bridgehead atoms. The van der Waals surface area contributed by atoms with E-state index < -0.39 is 0 Å². The van der Waals surface area contributed by atoms with Gasteiger partial charge in [0.05, 0.1) is 5.41 Å². The van der Waals surface area contributed by atoms with Crippen molar-refractivity contribution in [2.45, 2.75) is 45.1 Å². The van der Waals surface area contributed by atoms with Gasteiger partial charge in [-0.15, -0.1) is 0 Å². The van der Waals surface area contributed by atoms with Crippen LogP contribution in [-0.4, -0.2) is 42.4 Å². The van der Waals surface area contributed by atoms with Crippen LogP contribution in [0.4, 0.5) is 0 Å². The molecule has 17 heavy (non-hydrogen) atoms. The number of nitrogens with two attached hydrogens (primary N) is 1. The summed E-state index contributed by atoms with van der Waals surface area (Å²) in [6, 6.07) is 0.349. The number of hydrogen-bond donors (Lipinski definition) is 1. The molecule has 1 atom stereocenters. The predicted octanol–water partition coefficient (Wildman–Crippen LogP) is 2.11. The maximum atomic E-state index is 12.6. The lowest BCUT2D eigenvalue weighted by molar-refractivity contribution is -0.141. The molecule has 0 aromatic carbocycles. The molecule has 0 saturated heterocycles. The van der Waals surface area contributed by atoms with Gasteiger partial charge in [-0.2, -0.15) is 11.8 Å². The lowest BCUT2D eigenvalue weighted by atomic mass is 9.84. The minimum absolute atomic E-state index is 0.249. The normalized spacial score (nSPS) is 20.2. The first-order valence-electron chi connectivity index (χ1n) is 6.57. The topological polar surface area (TPSA) is 46.3 Å². The average Bonchev–Trinajstić information content (AvgIpc) is 2.84. The van der Waals surface area contributed by atoms with Gasteiger partial charge in [0.25, 0.3) is 0 Å². The average molecular weight is 258 g/mol. The Labute approximate surface area is 109 Å². The van der Waals surface area contributed by atoms with E-state index in [1.165, 1.54) is 0 Å². The zero-order chi connectivity index (χ0) is 12.9. The van der Waals surface area contributed by atoms with E-state index in [1.54, 1.807) is 11.8 Å². The highest BCUT2D eigenvalue weighted by atomic mass is 32.2. The van der Waals surface area contributed by atoms with Gasteiger partial charge in [-0.25, -0.2) is 0 Å². The Balaban J connectivity index is 2.72. The molecular formula is C13H26N2OS. The first-order chi connectivity index (χ1) is 8.11. The Kier molecular flexibility index (Phi) is 5.80. The van der Waals surface area contributed by atoms with Crippen molar-refractivity contribution in [3.05, 3.63) is 0 Å². The molecule has 0 aromatic heterocycles. The van der Waals surface area contributed by atoms with Gasteiger partial charge in [0.1, 0.15) is 0 Å². The third kappa shape index (κ3) is 3.16. The van der Waals surface area contributed by atoms with E-state index in [0.717, 1.165) is 37.9 Å². The number of thioether (sulfide) groups is 1. The van der Waals surface area contributed by atoms with Crippen molar-refractivity contribution in [3.63, 3.8) is 0 Å². The smallest absolute Gasteiger partial charge is 0.230 e. The van der Waals surface area contributed by atoms with E-state index in [1.807, 2.05) is 11.9 Å². The first kappa shape index (κ1) is 14.8. The highest BCUT2D eigenvalue weighted by Gasteiger charge is 2.42. The van der Waals surface area contributed by atoms with Crippen molar-refractivity contribution >= 4 is 17.7 Å². The van der Waals surface area contributed by atoms with Gasteiger partial charge in [0, 0.05) is 25.4 Å². The van der Waals surface area contributed by atoms with E-state index in [-0.39, 0.29) is 11.3 Å². The molecule has 1 unspecified atom stereocenters. The Bertz CT molecular complexity index is 252.